The van der Waals surface area contributed by atoms with E-state index in [1.807, 2.05) is 6.07 Å². The molecule has 0 spiro atoms. The zero-order valence-corrected chi connectivity index (χ0v) is 14.7. The lowest BCUT2D eigenvalue weighted by molar-refractivity contribution is -0.0574. The highest BCUT2D eigenvalue weighted by Crippen LogP contribution is 2.64. The van der Waals surface area contributed by atoms with Crippen LogP contribution in [0, 0.1) is 57.7 Å². The first kappa shape index (κ1) is 16.8. The van der Waals surface area contributed by atoms with Gasteiger partial charge in [0.15, 0.2) is 0 Å². The molecule has 2 nitrogen and oxygen atoms in total. The van der Waals surface area contributed by atoms with Crippen LogP contribution in [0.2, 0.25) is 0 Å². The van der Waals surface area contributed by atoms with E-state index in [0.717, 1.165) is 12.3 Å². The number of nitriles is 2. The topological polar surface area (TPSA) is 47.6 Å². The van der Waals surface area contributed by atoms with Crippen molar-refractivity contribution in [3.8, 4) is 12.1 Å². The Labute approximate surface area is 145 Å². The van der Waals surface area contributed by atoms with Gasteiger partial charge in [-0.1, -0.05) is 56.3 Å². The van der Waals surface area contributed by atoms with Gasteiger partial charge in [0.25, 0.3) is 0 Å². The Morgan fingerprint density at radius 2 is 1.83 bits per heavy atom. The van der Waals surface area contributed by atoms with E-state index in [-0.39, 0.29) is 0 Å². The molecule has 0 aromatic heterocycles. The molecule has 0 amide bonds. The van der Waals surface area contributed by atoms with Crippen molar-refractivity contribution in [3.63, 3.8) is 0 Å². The van der Waals surface area contributed by atoms with Crippen LogP contribution in [0.3, 0.4) is 0 Å². The molecule has 3 aliphatic carbocycles. The van der Waals surface area contributed by atoms with Crippen molar-refractivity contribution in [2.75, 3.05) is 0 Å². The Balaban J connectivity index is 1.81. The third-order valence-electron chi connectivity index (χ3n) is 6.69. The van der Waals surface area contributed by atoms with Crippen LogP contribution in [0.5, 0.6) is 0 Å². The van der Waals surface area contributed by atoms with E-state index >= 15 is 0 Å². The summed E-state index contributed by atoms with van der Waals surface area (Å²) in [4.78, 5) is 0. The first-order valence-electron chi connectivity index (χ1n) is 8.99. The largest absolute Gasteiger partial charge is 0.197 e. The number of rotatable bonds is 5. The number of allylic oxidation sites excluding steroid dienone is 1. The summed E-state index contributed by atoms with van der Waals surface area (Å²) < 4.78 is 0. The van der Waals surface area contributed by atoms with E-state index in [9.17, 15) is 10.5 Å². The Hall–Kier alpha value is -2.06. The molecule has 0 aliphatic heterocycles. The fourth-order valence-corrected chi connectivity index (χ4v) is 5.00. The summed E-state index contributed by atoms with van der Waals surface area (Å²) in [6.07, 6.45) is 4.04. The van der Waals surface area contributed by atoms with Gasteiger partial charge in [-0.25, -0.2) is 0 Å². The molecule has 3 saturated carbocycles. The standard InChI is InChI=1S/C22H26N2/c1-15-20(11-19-12-21(15)22(19,2)3)18(10-17(13-23)14-24)9-16-7-5-4-6-8-16/h4-8,17-21H,1,9-12H2,2-3H3/t18-,19-,20-,21-/m0/s1. The summed E-state index contributed by atoms with van der Waals surface area (Å²) in [6, 6.07) is 14.8. The number of hydrogen-bond donors (Lipinski definition) is 0. The normalized spacial score (nSPS) is 28.5. The zero-order valence-electron chi connectivity index (χ0n) is 14.7. The molecule has 0 N–H and O–H groups in total. The highest BCUT2D eigenvalue weighted by atomic mass is 14.6. The molecule has 24 heavy (non-hydrogen) atoms. The third kappa shape index (κ3) is 2.87. The Morgan fingerprint density at radius 1 is 1.17 bits per heavy atom. The van der Waals surface area contributed by atoms with Gasteiger partial charge in [0.1, 0.15) is 5.92 Å². The van der Waals surface area contributed by atoms with Crippen molar-refractivity contribution < 1.29 is 0 Å². The van der Waals surface area contributed by atoms with Gasteiger partial charge in [-0.15, -0.1) is 0 Å². The molecule has 0 unspecified atom stereocenters. The van der Waals surface area contributed by atoms with Crippen molar-refractivity contribution in [2.45, 2.75) is 39.5 Å². The second kappa shape index (κ2) is 6.45. The summed E-state index contributed by atoms with van der Waals surface area (Å²) in [7, 11) is 0. The fourth-order valence-electron chi connectivity index (χ4n) is 5.00. The van der Waals surface area contributed by atoms with E-state index in [1.165, 1.54) is 24.0 Å². The second-order valence-electron chi connectivity index (χ2n) is 8.22. The average molecular weight is 318 g/mol. The molecular weight excluding hydrogens is 292 g/mol. The lowest BCUT2D eigenvalue weighted by atomic mass is 9.44. The van der Waals surface area contributed by atoms with Gasteiger partial charge in [-0.2, -0.15) is 10.5 Å². The monoisotopic (exact) mass is 318 g/mol. The van der Waals surface area contributed by atoms with Gasteiger partial charge >= 0.3 is 0 Å². The maximum atomic E-state index is 9.25. The number of benzene rings is 1. The Kier molecular flexibility index (Phi) is 4.51. The Bertz CT molecular complexity index is 675. The smallest absolute Gasteiger partial charge is 0.133 e. The van der Waals surface area contributed by atoms with Gasteiger partial charge in [0.05, 0.1) is 12.1 Å². The Morgan fingerprint density at radius 3 is 2.38 bits per heavy atom. The molecule has 1 aromatic carbocycles. The fraction of sp³-hybridized carbons (Fsp3) is 0.545. The molecule has 1 aromatic rings. The van der Waals surface area contributed by atoms with E-state index in [2.05, 4.69) is 56.8 Å². The minimum absolute atomic E-state index is 0.339. The molecule has 0 heterocycles. The predicted octanol–water partition coefficient (Wildman–Crippen LogP) is 5.14. The van der Waals surface area contributed by atoms with Crippen LogP contribution in [-0.2, 0) is 6.42 Å². The van der Waals surface area contributed by atoms with Gasteiger partial charge in [-0.3, -0.25) is 0 Å². The molecular formula is C22H26N2. The number of nitrogens with zero attached hydrogens (tertiary/aromatic N) is 2. The van der Waals surface area contributed by atoms with Gasteiger partial charge in [0.2, 0.25) is 0 Å². The van der Waals surface area contributed by atoms with Crippen LogP contribution in [0.4, 0.5) is 0 Å². The van der Waals surface area contributed by atoms with Crippen LogP contribution in [0.15, 0.2) is 42.5 Å². The van der Waals surface area contributed by atoms with Crippen molar-refractivity contribution in [3.05, 3.63) is 48.0 Å². The highest BCUT2D eigenvalue weighted by Gasteiger charge is 2.55. The maximum absolute atomic E-state index is 9.25. The van der Waals surface area contributed by atoms with Gasteiger partial charge < -0.3 is 0 Å². The predicted molar refractivity (Wildman–Crippen MR) is 95.6 cm³/mol. The van der Waals surface area contributed by atoms with Crippen LogP contribution >= 0.6 is 0 Å². The minimum atomic E-state index is -0.516. The number of fused-ring (bicyclic) bond motifs is 2. The molecule has 4 atom stereocenters. The van der Waals surface area contributed by atoms with E-state index in [0.29, 0.717) is 29.6 Å². The zero-order chi connectivity index (χ0) is 17.3. The van der Waals surface area contributed by atoms with Crippen LogP contribution in [0.25, 0.3) is 0 Å². The van der Waals surface area contributed by atoms with Crippen LogP contribution in [0.1, 0.15) is 38.7 Å². The second-order valence-corrected chi connectivity index (χ2v) is 8.22. The lowest BCUT2D eigenvalue weighted by Gasteiger charge is -2.61. The lowest BCUT2D eigenvalue weighted by Crippen LogP contribution is -2.53. The third-order valence-corrected chi connectivity index (χ3v) is 6.69. The van der Waals surface area contributed by atoms with E-state index in [4.69, 9.17) is 0 Å². The summed E-state index contributed by atoms with van der Waals surface area (Å²) >= 11 is 0. The molecule has 4 rings (SSSR count). The quantitative estimate of drug-likeness (QED) is 0.706. The highest BCUT2D eigenvalue weighted by molar-refractivity contribution is 5.25. The molecule has 2 heteroatoms. The maximum Gasteiger partial charge on any atom is 0.133 e. The van der Waals surface area contributed by atoms with Crippen molar-refractivity contribution >= 4 is 0 Å². The van der Waals surface area contributed by atoms with Crippen molar-refractivity contribution in [2.24, 2.45) is 35.0 Å². The van der Waals surface area contributed by atoms with E-state index in [1.54, 1.807) is 0 Å². The summed E-state index contributed by atoms with van der Waals surface area (Å²) in [5, 5.41) is 18.5. The molecule has 0 radical (unpaired) electrons. The summed E-state index contributed by atoms with van der Waals surface area (Å²) in [6.45, 7) is 9.20. The molecule has 3 fully saturated rings. The summed E-state index contributed by atoms with van der Waals surface area (Å²) in [5.41, 5.74) is 3.05. The molecule has 124 valence electrons. The molecule has 3 aliphatic rings. The summed E-state index contributed by atoms with van der Waals surface area (Å²) in [5.74, 6) is 1.65. The van der Waals surface area contributed by atoms with Crippen LogP contribution in [-0.4, -0.2) is 0 Å². The van der Waals surface area contributed by atoms with Crippen molar-refractivity contribution in [1.82, 2.24) is 0 Å². The SMILES string of the molecule is C=C1[C@@H]([C@@H](Cc2ccccc2)CC(C#N)C#N)C[C@H]2C[C@@H]1C2(C)C. The minimum Gasteiger partial charge on any atom is -0.197 e. The van der Waals surface area contributed by atoms with E-state index < -0.39 is 5.92 Å². The van der Waals surface area contributed by atoms with Crippen LogP contribution < -0.4 is 0 Å². The van der Waals surface area contributed by atoms with Gasteiger partial charge in [-0.05, 0) is 60.3 Å². The average Bonchev–Trinajstić information content (AvgIpc) is 2.59. The first-order valence-corrected chi connectivity index (χ1v) is 8.99. The van der Waals surface area contributed by atoms with Gasteiger partial charge in [0, 0.05) is 0 Å². The molecule has 2 bridgehead atoms. The molecule has 0 saturated heterocycles. The van der Waals surface area contributed by atoms with Crippen molar-refractivity contribution in [1.29, 1.82) is 10.5 Å². The first-order chi connectivity index (χ1) is 11.5. The number of hydrogen-bond acceptors (Lipinski definition) is 2.